The van der Waals surface area contributed by atoms with E-state index in [1.807, 2.05) is 133 Å². The summed E-state index contributed by atoms with van der Waals surface area (Å²) in [6, 6.07) is 118. The molecule has 518 valence electrons. The zero-order chi connectivity index (χ0) is 73.0. The number of hydrogen-bond acceptors (Lipinski definition) is 4. The number of para-hydroxylation sites is 4. The van der Waals surface area contributed by atoms with Gasteiger partial charge >= 0.3 is 0 Å². The van der Waals surface area contributed by atoms with Crippen molar-refractivity contribution >= 4 is 99.5 Å². The number of benzene rings is 16. The number of fused-ring (bicyclic) bond motifs is 16. The van der Waals surface area contributed by atoms with Crippen molar-refractivity contribution in [3.63, 3.8) is 0 Å². The second kappa shape index (κ2) is 24.3. The van der Waals surface area contributed by atoms with Gasteiger partial charge in [-0.1, -0.05) is 321 Å². The van der Waals surface area contributed by atoms with E-state index in [4.69, 9.17) is 8.83 Å². The number of nitrogens with zero attached hydrogens (tertiary/aromatic N) is 2. The standard InChI is InChI=1S/C102H74F2N2O2/c1-99(2,3)101(81-51-27-23-47-77(81)93-73-45-21-19-41-69(73)89(61-83(93)101)105(87-53-31-49-75-71-43-25-29-55-91(71)107-97(75)87)95-79(65-37-15-9-16-38-65)57-67(59-85(95)103)63-33-11-7-12-34-63)102(100(4,5)6)82-52-28-24-48-78(82)94-74-46-22-20-42-70(74)90(62-84(94)102)106(88-54-32-50-76-72-44-26-30-56-92(72)108-98(76)88)96-80(66-39-17-10-18-40-66)58-68(60-86(96)104)64-35-13-8-14-36-64/h7-62H,1-6H3. The number of halogens is 2. The van der Waals surface area contributed by atoms with Crippen LogP contribution in [0.4, 0.5) is 42.9 Å². The minimum atomic E-state index is -1.04. The highest BCUT2D eigenvalue weighted by Gasteiger charge is 2.71. The minimum absolute atomic E-state index is 0.382. The van der Waals surface area contributed by atoms with Crippen LogP contribution in [0.2, 0.25) is 0 Å². The fourth-order valence-electron chi connectivity index (χ4n) is 19.6. The number of anilines is 6. The minimum Gasteiger partial charge on any atom is -0.454 e. The van der Waals surface area contributed by atoms with E-state index < -0.39 is 33.3 Å². The Morgan fingerprint density at radius 3 is 0.944 bits per heavy atom. The average molecular weight is 1400 g/mol. The van der Waals surface area contributed by atoms with Crippen LogP contribution < -0.4 is 9.80 Å². The van der Waals surface area contributed by atoms with E-state index in [1.54, 1.807) is 12.1 Å². The second-order valence-corrected chi connectivity index (χ2v) is 31.2. The maximum absolute atomic E-state index is 19.5. The molecule has 0 saturated heterocycles. The molecule has 0 radical (unpaired) electrons. The third kappa shape index (κ3) is 9.26. The Bertz CT molecular complexity index is 6280. The molecule has 0 aliphatic heterocycles. The van der Waals surface area contributed by atoms with Gasteiger partial charge in [-0.25, -0.2) is 8.78 Å². The Labute approximate surface area is 626 Å². The van der Waals surface area contributed by atoms with Gasteiger partial charge in [0.25, 0.3) is 0 Å². The maximum atomic E-state index is 19.5. The van der Waals surface area contributed by atoms with Gasteiger partial charge in [0, 0.05) is 54.3 Å². The molecule has 18 aromatic rings. The lowest BCUT2D eigenvalue weighted by Gasteiger charge is -2.62. The topological polar surface area (TPSA) is 32.8 Å². The molecule has 2 aromatic heterocycles. The van der Waals surface area contributed by atoms with Gasteiger partial charge in [0.2, 0.25) is 0 Å². The van der Waals surface area contributed by atoms with E-state index in [-0.39, 0.29) is 0 Å². The molecule has 2 aliphatic carbocycles. The van der Waals surface area contributed by atoms with Crippen molar-refractivity contribution in [3.05, 3.63) is 374 Å². The van der Waals surface area contributed by atoms with Gasteiger partial charge in [0.1, 0.15) is 22.8 Å². The van der Waals surface area contributed by atoms with Gasteiger partial charge in [-0.05, 0) is 160 Å². The predicted octanol–water partition coefficient (Wildman–Crippen LogP) is 29.0. The molecule has 16 aromatic carbocycles. The first-order chi connectivity index (χ1) is 52.7. The summed E-state index contributed by atoms with van der Waals surface area (Å²) in [6.45, 7) is 14.6. The molecule has 4 nitrogen and oxygen atoms in total. The quantitative estimate of drug-likeness (QED) is 0.129. The molecule has 0 saturated carbocycles. The summed E-state index contributed by atoms with van der Waals surface area (Å²) in [5.74, 6) is -0.793. The summed E-state index contributed by atoms with van der Waals surface area (Å²) in [7, 11) is 0. The molecule has 0 amide bonds. The van der Waals surface area contributed by atoms with Crippen LogP contribution in [0.1, 0.15) is 63.8 Å². The van der Waals surface area contributed by atoms with Gasteiger partial charge < -0.3 is 18.6 Å². The van der Waals surface area contributed by atoms with Crippen LogP contribution in [-0.4, -0.2) is 0 Å². The van der Waals surface area contributed by atoms with Crippen LogP contribution in [0.5, 0.6) is 0 Å². The van der Waals surface area contributed by atoms with Crippen LogP contribution in [0, 0.1) is 22.5 Å². The van der Waals surface area contributed by atoms with Crippen LogP contribution in [0.25, 0.3) is 132 Å². The Morgan fingerprint density at radius 2 is 0.565 bits per heavy atom. The van der Waals surface area contributed by atoms with Crippen LogP contribution in [0.15, 0.2) is 349 Å². The molecule has 2 heterocycles. The molecule has 0 N–H and O–H groups in total. The first-order valence-electron chi connectivity index (χ1n) is 37.3. The van der Waals surface area contributed by atoms with Crippen LogP contribution in [0.3, 0.4) is 0 Å². The molecule has 108 heavy (non-hydrogen) atoms. The van der Waals surface area contributed by atoms with E-state index in [0.717, 1.165) is 132 Å². The van der Waals surface area contributed by atoms with Gasteiger partial charge in [-0.15, -0.1) is 0 Å². The summed E-state index contributed by atoms with van der Waals surface area (Å²) in [5.41, 5.74) is 18.5. The van der Waals surface area contributed by atoms with Gasteiger partial charge in [-0.2, -0.15) is 0 Å². The smallest absolute Gasteiger partial charge is 0.159 e. The van der Waals surface area contributed by atoms with Crippen molar-refractivity contribution in [2.24, 2.45) is 10.8 Å². The van der Waals surface area contributed by atoms with Crippen molar-refractivity contribution in [3.8, 4) is 66.8 Å². The zero-order valence-electron chi connectivity index (χ0n) is 60.8. The Morgan fingerprint density at radius 1 is 0.250 bits per heavy atom. The molecule has 0 fully saturated rings. The first-order valence-corrected chi connectivity index (χ1v) is 37.3. The normalized spacial score (nSPS) is 15.3. The summed E-state index contributed by atoms with van der Waals surface area (Å²) in [6.07, 6.45) is 0. The summed E-state index contributed by atoms with van der Waals surface area (Å²) in [4.78, 5) is 4.39. The average Bonchev–Trinajstić information content (AvgIpc) is 1.45. The third-order valence-corrected chi connectivity index (χ3v) is 23.6. The molecule has 2 unspecified atom stereocenters. The molecule has 2 aliphatic rings. The van der Waals surface area contributed by atoms with E-state index >= 15 is 8.78 Å². The Balaban J connectivity index is 0.952. The number of hydrogen-bond donors (Lipinski definition) is 0. The lowest BCUT2D eigenvalue weighted by molar-refractivity contribution is 0.0595. The predicted molar refractivity (Wildman–Crippen MR) is 445 cm³/mol. The molecule has 20 rings (SSSR count). The van der Waals surface area contributed by atoms with Crippen LogP contribution >= 0.6 is 0 Å². The van der Waals surface area contributed by atoms with Crippen molar-refractivity contribution in [1.29, 1.82) is 0 Å². The molecular formula is C102H74F2N2O2. The van der Waals surface area contributed by atoms with Crippen molar-refractivity contribution in [2.45, 2.75) is 52.4 Å². The first kappa shape index (κ1) is 64.7. The Kier molecular flexibility index (Phi) is 14.6. The monoisotopic (exact) mass is 1400 g/mol. The fraction of sp³-hybridized carbons (Fsp3) is 0.0980. The van der Waals surface area contributed by atoms with Gasteiger partial charge in [0.15, 0.2) is 11.2 Å². The highest BCUT2D eigenvalue weighted by molar-refractivity contribution is 6.18. The second-order valence-electron chi connectivity index (χ2n) is 31.2. The zero-order valence-corrected chi connectivity index (χ0v) is 60.8. The Hall–Kier alpha value is -12.9. The molecule has 0 spiro atoms. The van der Waals surface area contributed by atoms with E-state index in [2.05, 4.69) is 245 Å². The van der Waals surface area contributed by atoms with E-state index in [0.29, 0.717) is 45.0 Å². The SMILES string of the molecule is CC(C)(C)C1(C2(C(C)(C)C)c3ccccc3-c3c2cc(N(c2c(F)cc(-c4ccccc4)cc2-c2ccccc2)c2cccc4c2oc2ccccc24)c2ccccc32)c2ccccc2-c2c1cc(N(c1c(F)cc(-c3ccccc3)cc1-c1ccccc1)c1cccc3c1oc1ccccc13)c1ccccc21. The molecule has 2 atom stereocenters. The number of furan rings is 2. The van der Waals surface area contributed by atoms with Crippen molar-refractivity contribution < 1.29 is 17.6 Å². The van der Waals surface area contributed by atoms with Crippen molar-refractivity contribution in [1.82, 2.24) is 0 Å². The summed E-state index contributed by atoms with van der Waals surface area (Å²) in [5, 5.41) is 7.68. The van der Waals surface area contributed by atoms with Gasteiger partial charge in [0.05, 0.1) is 34.1 Å². The lowest BCUT2D eigenvalue weighted by Crippen LogP contribution is -2.62. The van der Waals surface area contributed by atoms with Crippen LogP contribution in [-0.2, 0) is 10.8 Å². The van der Waals surface area contributed by atoms with Gasteiger partial charge in [-0.3, -0.25) is 0 Å². The number of rotatable bonds is 11. The fourth-order valence-corrected chi connectivity index (χ4v) is 19.6. The summed E-state index contributed by atoms with van der Waals surface area (Å²) < 4.78 is 53.4. The van der Waals surface area contributed by atoms with Crippen molar-refractivity contribution in [2.75, 3.05) is 9.80 Å². The maximum Gasteiger partial charge on any atom is 0.159 e. The molecular weight excluding hydrogens is 1320 g/mol. The molecule has 0 bridgehead atoms. The lowest BCUT2D eigenvalue weighted by atomic mass is 9.39. The molecule has 6 heteroatoms. The third-order valence-electron chi connectivity index (χ3n) is 23.6. The highest BCUT2D eigenvalue weighted by atomic mass is 19.1. The summed E-state index contributed by atoms with van der Waals surface area (Å²) >= 11 is 0. The van der Waals surface area contributed by atoms with E-state index in [9.17, 15) is 0 Å². The highest BCUT2D eigenvalue weighted by Crippen LogP contribution is 2.77. The largest absolute Gasteiger partial charge is 0.454 e. The van der Waals surface area contributed by atoms with E-state index in [1.165, 1.54) is 11.1 Å².